The fourth-order valence-electron chi connectivity index (χ4n) is 3.70. The Morgan fingerprint density at radius 2 is 2.04 bits per heavy atom. The van der Waals surface area contributed by atoms with Gasteiger partial charge in [0.05, 0.1) is 16.6 Å². The molecule has 0 bridgehead atoms. The van der Waals surface area contributed by atoms with E-state index in [9.17, 15) is 0 Å². The summed E-state index contributed by atoms with van der Waals surface area (Å²) in [6.07, 6.45) is 6.13. The smallest absolute Gasteiger partial charge is 0.180 e. The zero-order valence-electron chi connectivity index (χ0n) is 14.1. The molecule has 2 aliphatic rings. The first-order valence-electron chi connectivity index (χ1n) is 8.41. The molecular weight excluding hydrogens is 359 g/mol. The van der Waals surface area contributed by atoms with Crippen LogP contribution in [0.5, 0.6) is 0 Å². The number of aromatic nitrogens is 1. The molecule has 1 aromatic carbocycles. The van der Waals surface area contributed by atoms with Crippen LogP contribution in [0.2, 0.25) is 10.0 Å². The summed E-state index contributed by atoms with van der Waals surface area (Å²) in [5, 5.41) is 4.70. The second-order valence-corrected chi connectivity index (χ2v) is 7.77. The van der Waals surface area contributed by atoms with E-state index in [1.165, 1.54) is 12.0 Å². The number of nitrogens with zero attached hydrogens (tertiary/aromatic N) is 3. The Kier molecular flexibility index (Phi) is 4.48. The van der Waals surface area contributed by atoms with Crippen LogP contribution >= 0.6 is 23.2 Å². The Bertz CT molecular complexity index is 796. The lowest BCUT2D eigenvalue weighted by Crippen LogP contribution is -2.49. The minimum absolute atomic E-state index is 0.0143. The van der Waals surface area contributed by atoms with Crippen LogP contribution in [-0.4, -0.2) is 35.9 Å². The first kappa shape index (κ1) is 16.9. The third-order valence-electron chi connectivity index (χ3n) is 5.26. The van der Waals surface area contributed by atoms with Gasteiger partial charge in [-0.2, -0.15) is 0 Å². The molecule has 25 heavy (non-hydrogen) atoms. The van der Waals surface area contributed by atoms with E-state index in [1.807, 2.05) is 12.1 Å². The quantitative estimate of drug-likeness (QED) is 0.847. The summed E-state index contributed by atoms with van der Waals surface area (Å²) >= 11 is 12.5. The molecule has 2 aromatic rings. The molecule has 0 saturated carbocycles. The summed E-state index contributed by atoms with van der Waals surface area (Å²) in [6.45, 7) is 2.62. The van der Waals surface area contributed by atoms with E-state index in [1.54, 1.807) is 6.26 Å². The highest BCUT2D eigenvalue weighted by Crippen LogP contribution is 2.44. The fraction of sp³-hybridized carbons (Fsp3) is 0.444. The highest BCUT2D eigenvalue weighted by molar-refractivity contribution is 6.42. The molecule has 0 unspecified atom stereocenters. The number of piperidine rings is 1. The molecule has 7 heteroatoms. The van der Waals surface area contributed by atoms with Crippen molar-refractivity contribution in [2.45, 2.75) is 25.8 Å². The van der Waals surface area contributed by atoms with Gasteiger partial charge < -0.3 is 14.6 Å². The van der Waals surface area contributed by atoms with Gasteiger partial charge in [0.25, 0.3) is 0 Å². The molecule has 3 heterocycles. The number of hydrogen-bond acceptors (Lipinski definition) is 4. The largest absolute Gasteiger partial charge is 0.451 e. The number of rotatable bonds is 2. The van der Waals surface area contributed by atoms with Gasteiger partial charge in [-0.05, 0) is 57.1 Å². The van der Waals surface area contributed by atoms with Crippen LogP contribution in [0.3, 0.4) is 0 Å². The second kappa shape index (κ2) is 6.63. The van der Waals surface area contributed by atoms with Crippen LogP contribution in [0.4, 0.5) is 5.69 Å². The molecule has 1 N–H and O–H groups in total. The molecule has 4 rings (SSSR count). The van der Waals surface area contributed by atoms with Crippen LogP contribution in [-0.2, 0) is 13.0 Å². The van der Waals surface area contributed by atoms with Crippen LogP contribution in [0.15, 0.2) is 34.2 Å². The summed E-state index contributed by atoms with van der Waals surface area (Å²) in [5.41, 5.74) is 3.05. The Morgan fingerprint density at radius 3 is 2.76 bits per heavy atom. The molecular formula is C18H20Cl2N4O. The molecule has 1 aromatic heterocycles. The van der Waals surface area contributed by atoms with Crippen LogP contribution < -0.4 is 5.32 Å². The lowest BCUT2D eigenvalue weighted by atomic mass is 9.70. The van der Waals surface area contributed by atoms with Crippen molar-refractivity contribution in [3.63, 3.8) is 0 Å². The highest BCUT2D eigenvalue weighted by atomic mass is 35.5. The van der Waals surface area contributed by atoms with Crippen molar-refractivity contribution >= 4 is 34.7 Å². The molecule has 0 radical (unpaired) electrons. The number of nitrogens with one attached hydrogen (secondary N) is 1. The van der Waals surface area contributed by atoms with E-state index in [0.29, 0.717) is 16.6 Å². The van der Waals surface area contributed by atoms with Crippen molar-refractivity contribution in [1.29, 1.82) is 0 Å². The maximum absolute atomic E-state index is 6.24. The molecule has 5 nitrogen and oxygen atoms in total. The molecule has 2 aliphatic heterocycles. The van der Waals surface area contributed by atoms with Gasteiger partial charge >= 0.3 is 0 Å². The second-order valence-electron chi connectivity index (χ2n) is 6.95. The molecule has 0 amide bonds. The summed E-state index contributed by atoms with van der Waals surface area (Å²) < 4.78 is 5.05. The van der Waals surface area contributed by atoms with Gasteiger partial charge in [0, 0.05) is 11.1 Å². The Balaban J connectivity index is 1.70. The lowest BCUT2D eigenvalue weighted by Gasteiger charge is -2.45. The highest BCUT2D eigenvalue weighted by Gasteiger charge is 2.42. The normalized spacial score (nSPS) is 21.3. The number of hydrogen-bond donors (Lipinski definition) is 1. The van der Waals surface area contributed by atoms with Crippen molar-refractivity contribution in [2.75, 3.05) is 25.5 Å². The van der Waals surface area contributed by atoms with Gasteiger partial charge in [0.2, 0.25) is 0 Å². The van der Waals surface area contributed by atoms with Crippen molar-refractivity contribution in [3.05, 3.63) is 46.1 Å². The minimum Gasteiger partial charge on any atom is -0.451 e. The zero-order chi connectivity index (χ0) is 17.4. The average molecular weight is 379 g/mol. The van der Waals surface area contributed by atoms with E-state index in [-0.39, 0.29) is 5.41 Å². The van der Waals surface area contributed by atoms with Gasteiger partial charge in [-0.15, -0.1) is 0 Å². The van der Waals surface area contributed by atoms with Gasteiger partial charge in [-0.3, -0.25) is 4.99 Å². The van der Waals surface area contributed by atoms with E-state index >= 15 is 0 Å². The molecule has 0 aliphatic carbocycles. The van der Waals surface area contributed by atoms with E-state index in [2.05, 4.69) is 22.2 Å². The van der Waals surface area contributed by atoms with Crippen LogP contribution in [0, 0.1) is 5.41 Å². The van der Waals surface area contributed by atoms with Gasteiger partial charge in [0.15, 0.2) is 6.39 Å². The topological polar surface area (TPSA) is 53.7 Å². The SMILES string of the molecule is CN1CCC2(CC1)Cc1cc(Cl)c(Cl)cc1NC2=NCc1cocn1. The number of oxazole rings is 1. The maximum atomic E-state index is 6.24. The maximum Gasteiger partial charge on any atom is 0.180 e. The predicted octanol–water partition coefficient (Wildman–Crippen LogP) is 4.26. The van der Waals surface area contributed by atoms with Gasteiger partial charge in [-0.1, -0.05) is 23.2 Å². The first-order chi connectivity index (χ1) is 12.1. The molecule has 1 saturated heterocycles. The Morgan fingerprint density at radius 1 is 1.28 bits per heavy atom. The minimum atomic E-state index is 0.0143. The monoisotopic (exact) mass is 378 g/mol. The summed E-state index contributed by atoms with van der Waals surface area (Å²) in [4.78, 5) is 11.4. The van der Waals surface area contributed by atoms with Crippen molar-refractivity contribution < 1.29 is 4.42 Å². The fourth-order valence-corrected chi connectivity index (χ4v) is 4.05. The third kappa shape index (κ3) is 3.28. The number of anilines is 1. The zero-order valence-corrected chi connectivity index (χ0v) is 15.6. The number of likely N-dealkylation sites (tertiary alicyclic amines) is 1. The summed E-state index contributed by atoms with van der Waals surface area (Å²) in [5.74, 6) is 1.02. The van der Waals surface area contributed by atoms with Crippen molar-refractivity contribution in [1.82, 2.24) is 9.88 Å². The summed E-state index contributed by atoms with van der Waals surface area (Å²) in [7, 11) is 2.17. The van der Waals surface area contributed by atoms with Crippen LogP contribution in [0.25, 0.3) is 0 Å². The number of halogens is 2. The van der Waals surface area contributed by atoms with Gasteiger partial charge in [-0.25, -0.2) is 4.98 Å². The lowest BCUT2D eigenvalue weighted by molar-refractivity contribution is 0.178. The van der Waals surface area contributed by atoms with E-state index in [4.69, 9.17) is 32.6 Å². The Hall–Kier alpha value is -1.56. The number of aliphatic imine (C=N–C) groups is 1. The van der Waals surface area contributed by atoms with Gasteiger partial charge in [0.1, 0.15) is 17.8 Å². The average Bonchev–Trinajstić information content (AvgIpc) is 3.11. The molecule has 132 valence electrons. The predicted molar refractivity (Wildman–Crippen MR) is 101 cm³/mol. The van der Waals surface area contributed by atoms with Crippen molar-refractivity contribution in [2.24, 2.45) is 10.4 Å². The van der Waals surface area contributed by atoms with Crippen LogP contribution in [0.1, 0.15) is 24.1 Å². The molecule has 0 atom stereocenters. The number of amidine groups is 1. The summed E-state index contributed by atoms with van der Waals surface area (Å²) in [6, 6.07) is 3.88. The molecule has 1 fully saturated rings. The van der Waals surface area contributed by atoms with E-state index in [0.717, 1.165) is 49.6 Å². The third-order valence-corrected chi connectivity index (χ3v) is 5.98. The molecule has 1 spiro atoms. The number of fused-ring (bicyclic) bond motifs is 1. The van der Waals surface area contributed by atoms with Crippen molar-refractivity contribution in [3.8, 4) is 0 Å². The Labute approximate surface area is 157 Å². The van der Waals surface area contributed by atoms with E-state index < -0.39 is 0 Å². The standard InChI is InChI=1S/C18H20Cl2N4O/c1-24-4-2-18(3-5-24)8-12-6-14(19)15(20)7-16(12)23-17(18)21-9-13-10-25-11-22-13/h6-7,10-11H,2-5,8-9H2,1H3,(H,21,23). The first-order valence-corrected chi connectivity index (χ1v) is 9.17. The number of benzene rings is 1.